The SMILES string of the molecule is CC1(C(=O)c2ccc(Cl)s2)CCCO1. The molecule has 1 saturated heterocycles. The molecule has 0 aliphatic carbocycles. The van der Waals surface area contributed by atoms with Crippen LogP contribution in [0.5, 0.6) is 0 Å². The zero-order valence-corrected chi connectivity index (χ0v) is 9.45. The standard InChI is InChI=1S/C10H11ClO2S/c1-10(5-2-6-13-10)9(12)7-3-4-8(11)14-7/h3-4H,2,5-6H2,1H3. The highest BCUT2D eigenvalue weighted by atomic mass is 35.5. The maximum atomic E-state index is 12.0. The fourth-order valence-electron chi connectivity index (χ4n) is 1.66. The van der Waals surface area contributed by atoms with Crippen molar-refractivity contribution >= 4 is 28.7 Å². The third-order valence-electron chi connectivity index (χ3n) is 2.50. The van der Waals surface area contributed by atoms with Gasteiger partial charge in [0.05, 0.1) is 9.21 Å². The van der Waals surface area contributed by atoms with Gasteiger partial charge in [0.1, 0.15) is 5.60 Å². The van der Waals surface area contributed by atoms with Gasteiger partial charge >= 0.3 is 0 Å². The van der Waals surface area contributed by atoms with E-state index in [-0.39, 0.29) is 5.78 Å². The second-order valence-corrected chi connectivity index (χ2v) is 5.33. The molecule has 1 atom stereocenters. The fraction of sp³-hybridized carbons (Fsp3) is 0.500. The summed E-state index contributed by atoms with van der Waals surface area (Å²) in [4.78, 5) is 12.7. The Morgan fingerprint density at radius 3 is 2.93 bits per heavy atom. The van der Waals surface area contributed by atoms with E-state index in [0.717, 1.165) is 12.8 Å². The van der Waals surface area contributed by atoms with Crippen molar-refractivity contribution in [3.63, 3.8) is 0 Å². The Balaban J connectivity index is 2.23. The van der Waals surface area contributed by atoms with E-state index in [1.165, 1.54) is 11.3 Å². The highest BCUT2D eigenvalue weighted by Gasteiger charge is 2.38. The van der Waals surface area contributed by atoms with E-state index in [0.29, 0.717) is 15.8 Å². The second-order valence-electron chi connectivity index (χ2n) is 3.62. The number of Topliss-reactive ketones (excluding diaryl/α,β-unsaturated/α-hetero) is 1. The molecule has 1 aromatic rings. The molecule has 1 unspecified atom stereocenters. The first kappa shape index (κ1) is 10.1. The lowest BCUT2D eigenvalue weighted by atomic mass is 9.96. The smallest absolute Gasteiger partial charge is 0.204 e. The van der Waals surface area contributed by atoms with Gasteiger partial charge in [0.25, 0.3) is 0 Å². The van der Waals surface area contributed by atoms with Crippen LogP contribution in [0.3, 0.4) is 0 Å². The Hall–Kier alpha value is -0.380. The van der Waals surface area contributed by atoms with Crippen LogP contribution < -0.4 is 0 Å². The van der Waals surface area contributed by atoms with Crippen LogP contribution in [-0.4, -0.2) is 18.0 Å². The molecule has 1 fully saturated rings. The van der Waals surface area contributed by atoms with Crippen molar-refractivity contribution in [2.24, 2.45) is 0 Å². The average Bonchev–Trinajstić information content (AvgIpc) is 2.74. The van der Waals surface area contributed by atoms with Crippen LogP contribution in [0.15, 0.2) is 12.1 Å². The molecule has 1 aliphatic heterocycles. The van der Waals surface area contributed by atoms with Crippen LogP contribution in [-0.2, 0) is 4.74 Å². The van der Waals surface area contributed by atoms with Crippen molar-refractivity contribution in [3.05, 3.63) is 21.3 Å². The van der Waals surface area contributed by atoms with Gasteiger partial charge in [-0.3, -0.25) is 4.79 Å². The zero-order valence-electron chi connectivity index (χ0n) is 7.88. The summed E-state index contributed by atoms with van der Waals surface area (Å²) in [6, 6.07) is 3.51. The quantitative estimate of drug-likeness (QED) is 0.730. The van der Waals surface area contributed by atoms with Crippen molar-refractivity contribution in [3.8, 4) is 0 Å². The van der Waals surface area contributed by atoms with E-state index >= 15 is 0 Å². The number of rotatable bonds is 2. The summed E-state index contributed by atoms with van der Waals surface area (Å²) in [5.74, 6) is 0.0619. The van der Waals surface area contributed by atoms with Crippen LogP contribution in [0.25, 0.3) is 0 Å². The molecular weight excluding hydrogens is 220 g/mol. The third kappa shape index (κ3) is 1.72. The summed E-state index contributed by atoms with van der Waals surface area (Å²) in [6.45, 7) is 2.54. The van der Waals surface area contributed by atoms with E-state index in [1.807, 2.05) is 6.92 Å². The molecule has 0 N–H and O–H groups in total. The van der Waals surface area contributed by atoms with Gasteiger partial charge in [-0.2, -0.15) is 0 Å². The maximum Gasteiger partial charge on any atom is 0.204 e. The molecule has 0 bridgehead atoms. The van der Waals surface area contributed by atoms with Crippen molar-refractivity contribution in [1.82, 2.24) is 0 Å². The van der Waals surface area contributed by atoms with Crippen LogP contribution in [0, 0.1) is 0 Å². The molecule has 0 radical (unpaired) electrons. The van der Waals surface area contributed by atoms with Gasteiger partial charge in [0.2, 0.25) is 5.78 Å². The molecule has 76 valence electrons. The normalized spacial score (nSPS) is 26.7. The molecular formula is C10H11ClO2S. The number of carbonyl (C=O) groups excluding carboxylic acids is 1. The molecule has 0 spiro atoms. The van der Waals surface area contributed by atoms with Gasteiger partial charge in [0.15, 0.2) is 0 Å². The molecule has 0 aromatic carbocycles. The Bertz CT molecular complexity index is 353. The molecule has 0 saturated carbocycles. The first-order chi connectivity index (χ1) is 6.62. The Morgan fingerprint density at radius 2 is 2.43 bits per heavy atom. The Kier molecular flexibility index (Phi) is 2.64. The summed E-state index contributed by atoms with van der Waals surface area (Å²) in [5.41, 5.74) is -0.617. The molecule has 0 amide bonds. The lowest BCUT2D eigenvalue weighted by Gasteiger charge is -2.20. The van der Waals surface area contributed by atoms with Gasteiger partial charge in [-0.1, -0.05) is 11.6 Å². The summed E-state index contributed by atoms with van der Waals surface area (Å²) in [5, 5.41) is 0. The van der Waals surface area contributed by atoms with Gasteiger partial charge in [-0.05, 0) is 31.9 Å². The van der Waals surface area contributed by atoms with Crippen LogP contribution in [0.1, 0.15) is 29.4 Å². The second kappa shape index (κ2) is 3.65. The summed E-state index contributed by atoms with van der Waals surface area (Å²) < 4.78 is 6.13. The van der Waals surface area contributed by atoms with Crippen molar-refractivity contribution < 1.29 is 9.53 Å². The van der Waals surface area contributed by atoms with Gasteiger partial charge < -0.3 is 4.74 Å². The number of hydrogen-bond donors (Lipinski definition) is 0. The number of ketones is 1. The average molecular weight is 231 g/mol. The predicted molar refractivity (Wildman–Crippen MR) is 57.3 cm³/mol. The first-order valence-electron chi connectivity index (χ1n) is 4.56. The number of carbonyl (C=O) groups is 1. The van der Waals surface area contributed by atoms with E-state index in [4.69, 9.17) is 16.3 Å². The number of thiophene rings is 1. The molecule has 2 rings (SSSR count). The van der Waals surface area contributed by atoms with Crippen molar-refractivity contribution in [1.29, 1.82) is 0 Å². The number of halogens is 1. The van der Waals surface area contributed by atoms with Crippen LogP contribution in [0.4, 0.5) is 0 Å². The van der Waals surface area contributed by atoms with Crippen molar-refractivity contribution in [2.75, 3.05) is 6.61 Å². The predicted octanol–water partition coefficient (Wildman–Crippen LogP) is 3.15. The molecule has 4 heteroatoms. The molecule has 14 heavy (non-hydrogen) atoms. The summed E-state index contributed by atoms with van der Waals surface area (Å²) in [6.07, 6.45) is 1.77. The minimum Gasteiger partial charge on any atom is -0.367 e. The maximum absolute atomic E-state index is 12.0. The highest BCUT2D eigenvalue weighted by molar-refractivity contribution is 7.18. The lowest BCUT2D eigenvalue weighted by Crippen LogP contribution is -2.33. The van der Waals surface area contributed by atoms with E-state index < -0.39 is 5.60 Å². The van der Waals surface area contributed by atoms with Crippen LogP contribution in [0.2, 0.25) is 4.34 Å². The summed E-state index contributed by atoms with van der Waals surface area (Å²) >= 11 is 7.10. The summed E-state index contributed by atoms with van der Waals surface area (Å²) in [7, 11) is 0. The first-order valence-corrected chi connectivity index (χ1v) is 5.75. The largest absolute Gasteiger partial charge is 0.367 e. The zero-order chi connectivity index (χ0) is 10.2. The number of hydrogen-bond acceptors (Lipinski definition) is 3. The van der Waals surface area contributed by atoms with Gasteiger partial charge in [-0.15, -0.1) is 11.3 Å². The van der Waals surface area contributed by atoms with Crippen molar-refractivity contribution in [2.45, 2.75) is 25.4 Å². The lowest BCUT2D eigenvalue weighted by molar-refractivity contribution is 0.0217. The van der Waals surface area contributed by atoms with Gasteiger partial charge in [0, 0.05) is 6.61 Å². The number of ether oxygens (including phenoxy) is 1. The van der Waals surface area contributed by atoms with E-state index in [9.17, 15) is 4.79 Å². The molecule has 1 aromatic heterocycles. The third-order valence-corrected chi connectivity index (χ3v) is 3.73. The Labute approximate surface area is 91.8 Å². The van der Waals surface area contributed by atoms with Crippen LogP contribution >= 0.6 is 22.9 Å². The Morgan fingerprint density at radius 1 is 1.64 bits per heavy atom. The van der Waals surface area contributed by atoms with E-state index in [1.54, 1.807) is 12.1 Å². The monoisotopic (exact) mass is 230 g/mol. The molecule has 2 nitrogen and oxygen atoms in total. The molecule has 1 aliphatic rings. The minimum atomic E-state index is -0.617. The molecule has 2 heterocycles. The highest BCUT2D eigenvalue weighted by Crippen LogP contribution is 2.32. The fourth-order valence-corrected chi connectivity index (χ4v) is 2.76. The van der Waals surface area contributed by atoms with Gasteiger partial charge in [-0.25, -0.2) is 0 Å². The minimum absolute atomic E-state index is 0.0619. The van der Waals surface area contributed by atoms with E-state index in [2.05, 4.69) is 0 Å². The topological polar surface area (TPSA) is 26.3 Å².